The lowest BCUT2D eigenvalue weighted by Gasteiger charge is -2.11. The van der Waals surface area contributed by atoms with E-state index in [0.717, 1.165) is 34.3 Å². The molecule has 2 aromatic carbocycles. The molecule has 0 atom stereocenters. The number of nitrogens with zero attached hydrogens (tertiary/aromatic N) is 5. The molecule has 3 heterocycles. The van der Waals surface area contributed by atoms with E-state index in [9.17, 15) is 0 Å². The second kappa shape index (κ2) is 5.06. The van der Waals surface area contributed by atoms with E-state index < -0.39 is 0 Å². The first kappa shape index (κ1) is 13.1. The smallest absolute Gasteiger partial charge is 0.160 e. The lowest BCUT2D eigenvalue weighted by atomic mass is 10.1. The summed E-state index contributed by atoms with van der Waals surface area (Å²) in [4.78, 5) is 8.69. The SMILES string of the molecule is c1ccc(Oc2ccc3c(c2)-n2cncc2Cn2ncnc2-3)cc1. The summed E-state index contributed by atoms with van der Waals surface area (Å²) in [5.41, 5.74) is 3.05. The van der Waals surface area contributed by atoms with Crippen molar-refractivity contribution in [2.75, 3.05) is 0 Å². The number of aromatic nitrogens is 5. The second-order valence-electron chi connectivity index (χ2n) is 5.59. The molecule has 4 aromatic rings. The third kappa shape index (κ3) is 2.00. The zero-order valence-electron chi connectivity index (χ0n) is 12.7. The van der Waals surface area contributed by atoms with Crippen LogP contribution in [0, 0.1) is 0 Å². The predicted octanol–water partition coefficient (Wildman–Crippen LogP) is 3.28. The molecule has 6 heteroatoms. The van der Waals surface area contributed by atoms with Crippen LogP contribution in [0.1, 0.15) is 5.69 Å². The largest absolute Gasteiger partial charge is 0.457 e. The summed E-state index contributed by atoms with van der Waals surface area (Å²) in [6, 6.07) is 15.7. The Morgan fingerprint density at radius 2 is 1.92 bits per heavy atom. The van der Waals surface area contributed by atoms with Gasteiger partial charge in [-0.05, 0) is 24.3 Å². The van der Waals surface area contributed by atoms with Crippen molar-refractivity contribution >= 4 is 0 Å². The van der Waals surface area contributed by atoms with Crippen molar-refractivity contribution in [1.82, 2.24) is 24.3 Å². The molecule has 24 heavy (non-hydrogen) atoms. The van der Waals surface area contributed by atoms with Crippen LogP contribution >= 0.6 is 0 Å². The minimum Gasteiger partial charge on any atom is -0.457 e. The standard InChI is InChI=1S/C18H13N5O/c1-2-4-14(5-3-1)24-15-6-7-16-17(8-15)22-12-19-9-13(22)10-23-18(16)20-11-21-23/h1-9,11-12H,10H2. The van der Waals surface area contributed by atoms with Crippen molar-refractivity contribution in [2.24, 2.45) is 0 Å². The molecule has 1 aliphatic heterocycles. The van der Waals surface area contributed by atoms with E-state index >= 15 is 0 Å². The molecule has 0 radical (unpaired) electrons. The summed E-state index contributed by atoms with van der Waals surface area (Å²) < 4.78 is 9.91. The number of hydrogen-bond donors (Lipinski definition) is 0. The average Bonchev–Trinajstić information content (AvgIpc) is 3.24. The number of rotatable bonds is 2. The normalized spacial score (nSPS) is 12.0. The van der Waals surface area contributed by atoms with Crippen LogP contribution in [0.15, 0.2) is 67.4 Å². The van der Waals surface area contributed by atoms with Crippen molar-refractivity contribution in [2.45, 2.75) is 6.54 Å². The molecule has 1 aliphatic rings. The molecular weight excluding hydrogens is 302 g/mol. The summed E-state index contributed by atoms with van der Waals surface area (Å²) in [5.74, 6) is 2.42. The summed E-state index contributed by atoms with van der Waals surface area (Å²) in [5, 5.41) is 4.32. The van der Waals surface area contributed by atoms with Gasteiger partial charge in [-0.1, -0.05) is 18.2 Å². The molecule has 0 fully saturated rings. The number of imidazole rings is 1. The monoisotopic (exact) mass is 315 g/mol. The Bertz CT molecular complexity index is 1020. The molecular formula is C18H13N5O. The minimum absolute atomic E-state index is 0.638. The van der Waals surface area contributed by atoms with Crippen molar-refractivity contribution in [3.05, 3.63) is 73.1 Å². The molecule has 5 rings (SSSR count). The quantitative estimate of drug-likeness (QED) is 0.501. The topological polar surface area (TPSA) is 57.8 Å². The first-order chi connectivity index (χ1) is 11.9. The molecule has 0 aliphatic carbocycles. The number of fused-ring (bicyclic) bond motifs is 5. The number of benzene rings is 2. The zero-order chi connectivity index (χ0) is 15.9. The Kier molecular flexibility index (Phi) is 2.75. The maximum atomic E-state index is 5.97. The first-order valence-corrected chi connectivity index (χ1v) is 7.65. The molecule has 0 N–H and O–H groups in total. The maximum Gasteiger partial charge on any atom is 0.160 e. The number of ether oxygens (including phenoxy) is 1. The molecule has 0 saturated carbocycles. The zero-order valence-corrected chi connectivity index (χ0v) is 12.7. The number of para-hydroxylation sites is 1. The second-order valence-corrected chi connectivity index (χ2v) is 5.59. The Morgan fingerprint density at radius 1 is 1.00 bits per heavy atom. The van der Waals surface area contributed by atoms with Gasteiger partial charge in [-0.2, -0.15) is 5.10 Å². The van der Waals surface area contributed by atoms with Gasteiger partial charge in [-0.25, -0.2) is 14.6 Å². The Hall–Kier alpha value is -3.41. The first-order valence-electron chi connectivity index (χ1n) is 7.65. The average molecular weight is 315 g/mol. The van der Waals surface area contributed by atoms with Gasteiger partial charge in [0.1, 0.15) is 17.8 Å². The van der Waals surface area contributed by atoms with E-state index in [4.69, 9.17) is 4.74 Å². The van der Waals surface area contributed by atoms with Gasteiger partial charge in [0.25, 0.3) is 0 Å². The van der Waals surface area contributed by atoms with Crippen LogP contribution < -0.4 is 4.74 Å². The summed E-state index contributed by atoms with van der Waals surface area (Å²) in [6.07, 6.45) is 5.25. The van der Waals surface area contributed by atoms with E-state index in [2.05, 4.69) is 19.6 Å². The van der Waals surface area contributed by atoms with E-state index in [0.29, 0.717) is 6.54 Å². The lowest BCUT2D eigenvalue weighted by Crippen LogP contribution is -2.03. The Balaban J connectivity index is 1.67. The fourth-order valence-corrected chi connectivity index (χ4v) is 2.99. The highest BCUT2D eigenvalue weighted by Gasteiger charge is 2.21. The summed E-state index contributed by atoms with van der Waals surface area (Å²) in [6.45, 7) is 0.638. The van der Waals surface area contributed by atoms with E-state index in [1.807, 2.05) is 65.7 Å². The molecule has 0 saturated heterocycles. The summed E-state index contributed by atoms with van der Waals surface area (Å²) >= 11 is 0. The molecule has 0 amide bonds. The van der Waals surface area contributed by atoms with Crippen LogP contribution in [0.2, 0.25) is 0 Å². The molecule has 6 nitrogen and oxygen atoms in total. The highest BCUT2D eigenvalue weighted by molar-refractivity contribution is 5.70. The van der Waals surface area contributed by atoms with E-state index in [-0.39, 0.29) is 0 Å². The highest BCUT2D eigenvalue weighted by atomic mass is 16.5. The third-order valence-electron chi connectivity index (χ3n) is 4.09. The lowest BCUT2D eigenvalue weighted by molar-refractivity contribution is 0.482. The van der Waals surface area contributed by atoms with Gasteiger partial charge in [-0.15, -0.1) is 0 Å². The van der Waals surface area contributed by atoms with Crippen LogP contribution in [0.3, 0.4) is 0 Å². The fourth-order valence-electron chi connectivity index (χ4n) is 2.99. The van der Waals surface area contributed by atoms with Crippen LogP contribution in [0.5, 0.6) is 11.5 Å². The van der Waals surface area contributed by atoms with Crippen molar-refractivity contribution in [3.8, 4) is 28.6 Å². The van der Waals surface area contributed by atoms with Crippen LogP contribution in [-0.4, -0.2) is 24.3 Å². The van der Waals surface area contributed by atoms with E-state index in [1.165, 1.54) is 0 Å². The van der Waals surface area contributed by atoms with Gasteiger partial charge >= 0.3 is 0 Å². The third-order valence-corrected chi connectivity index (χ3v) is 4.09. The highest BCUT2D eigenvalue weighted by Crippen LogP contribution is 2.34. The minimum atomic E-state index is 0.638. The molecule has 0 bridgehead atoms. The molecule has 116 valence electrons. The maximum absolute atomic E-state index is 5.97. The predicted molar refractivity (Wildman–Crippen MR) is 88.2 cm³/mol. The summed E-state index contributed by atoms with van der Waals surface area (Å²) in [7, 11) is 0. The fraction of sp³-hybridized carbons (Fsp3) is 0.0556. The van der Waals surface area contributed by atoms with Gasteiger partial charge in [0.2, 0.25) is 0 Å². The molecule has 0 spiro atoms. The van der Waals surface area contributed by atoms with Crippen molar-refractivity contribution < 1.29 is 4.74 Å². The van der Waals surface area contributed by atoms with Gasteiger partial charge in [0, 0.05) is 11.6 Å². The molecule has 0 unspecified atom stereocenters. The van der Waals surface area contributed by atoms with Crippen LogP contribution in [-0.2, 0) is 6.54 Å². The molecule has 2 aromatic heterocycles. The van der Waals surface area contributed by atoms with Crippen molar-refractivity contribution in [1.29, 1.82) is 0 Å². The van der Waals surface area contributed by atoms with Gasteiger partial charge in [-0.3, -0.25) is 0 Å². The van der Waals surface area contributed by atoms with Gasteiger partial charge in [0.05, 0.1) is 30.5 Å². The van der Waals surface area contributed by atoms with Crippen molar-refractivity contribution in [3.63, 3.8) is 0 Å². The number of hydrogen-bond acceptors (Lipinski definition) is 4. The Labute approximate surface area is 138 Å². The van der Waals surface area contributed by atoms with Gasteiger partial charge in [0.15, 0.2) is 5.82 Å². The van der Waals surface area contributed by atoms with Crippen LogP contribution in [0.4, 0.5) is 0 Å². The van der Waals surface area contributed by atoms with E-state index in [1.54, 1.807) is 6.33 Å². The van der Waals surface area contributed by atoms with Gasteiger partial charge < -0.3 is 9.30 Å². The van der Waals surface area contributed by atoms with Crippen LogP contribution in [0.25, 0.3) is 17.1 Å². The Morgan fingerprint density at radius 3 is 2.83 bits per heavy atom.